The maximum atomic E-state index is 9.97. The second kappa shape index (κ2) is 12.1. The molecule has 0 saturated heterocycles. The molecule has 0 spiro atoms. The Bertz CT molecular complexity index is 590. The van der Waals surface area contributed by atoms with E-state index in [0.717, 1.165) is 23.3 Å². The molecule has 0 fully saturated rings. The summed E-state index contributed by atoms with van der Waals surface area (Å²) in [7, 11) is 0. The Balaban J connectivity index is 0.000000403. The number of hydrogen-bond acceptors (Lipinski definition) is 4. The molecule has 2 aromatic carbocycles. The monoisotopic (exact) mass is 400 g/mol. The molecule has 0 aliphatic carbocycles. The van der Waals surface area contributed by atoms with Crippen LogP contribution < -0.4 is 10.2 Å². The quantitative estimate of drug-likeness (QED) is 0.564. The van der Waals surface area contributed by atoms with Crippen molar-refractivity contribution >= 4 is 24.1 Å². The minimum Gasteiger partial charge on any atom is -0.545 e. The molecule has 0 N–H and O–H groups in total. The van der Waals surface area contributed by atoms with Crippen molar-refractivity contribution in [1.82, 2.24) is 0 Å². The topological polar surface area (TPSA) is 80.3 Å². The fourth-order valence-electron chi connectivity index (χ4n) is 1.46. The zero-order chi connectivity index (χ0) is 16.2. The molecule has 0 radical (unpaired) electrons. The molecule has 0 saturated carbocycles. The molecule has 0 bridgehead atoms. The number of aliphatic carboxylic acids is 2. The molecule has 0 aliphatic heterocycles. The summed E-state index contributed by atoms with van der Waals surface area (Å²) in [6.07, 6.45) is 5.01. The normalized spacial score (nSPS) is 9.74. The Morgan fingerprint density at radius 3 is 1.22 bits per heavy atom. The Hall–Kier alpha value is -2.48. The Morgan fingerprint density at radius 1 is 0.652 bits per heavy atom. The summed E-state index contributed by atoms with van der Waals surface area (Å²) in [4.78, 5) is 19.9. The van der Waals surface area contributed by atoms with Gasteiger partial charge in [0, 0.05) is 0 Å². The van der Waals surface area contributed by atoms with Gasteiger partial charge < -0.3 is 19.8 Å². The van der Waals surface area contributed by atoms with E-state index in [9.17, 15) is 19.8 Å². The van der Waals surface area contributed by atoms with Gasteiger partial charge in [-0.3, -0.25) is 0 Å². The van der Waals surface area contributed by atoms with Crippen molar-refractivity contribution in [2.75, 3.05) is 0 Å². The number of carboxylic acids is 2. The van der Waals surface area contributed by atoms with Crippen LogP contribution in [0.4, 0.5) is 0 Å². The minimum absolute atomic E-state index is 0. The number of benzene rings is 2. The maximum Gasteiger partial charge on any atom is 2.00 e. The molecule has 120 valence electrons. The van der Waals surface area contributed by atoms with Crippen LogP contribution in [0, 0.1) is 0 Å². The smallest absolute Gasteiger partial charge is 0.545 e. The Morgan fingerprint density at radius 2 is 0.957 bits per heavy atom. The molecule has 2 aromatic rings. The van der Waals surface area contributed by atoms with Gasteiger partial charge >= 0.3 is 20.4 Å². The van der Waals surface area contributed by atoms with Crippen molar-refractivity contribution in [3.8, 4) is 0 Å². The first-order valence-electron chi connectivity index (χ1n) is 6.46. The van der Waals surface area contributed by atoms with Gasteiger partial charge in [-0.05, 0) is 23.3 Å². The summed E-state index contributed by atoms with van der Waals surface area (Å²) in [6, 6.07) is 18.4. The van der Waals surface area contributed by atoms with Crippen molar-refractivity contribution in [3.05, 3.63) is 83.9 Å². The van der Waals surface area contributed by atoms with E-state index in [1.165, 1.54) is 12.2 Å². The predicted octanol–water partition coefficient (Wildman–Crippen LogP) is 0.897. The van der Waals surface area contributed by atoms with Crippen LogP contribution in [0.3, 0.4) is 0 Å². The van der Waals surface area contributed by atoms with E-state index in [4.69, 9.17) is 0 Å². The number of carbonyl (C=O) groups is 2. The van der Waals surface area contributed by atoms with E-state index in [1.54, 1.807) is 0 Å². The zero-order valence-corrected chi connectivity index (χ0v) is 13.6. The van der Waals surface area contributed by atoms with Crippen molar-refractivity contribution in [3.63, 3.8) is 0 Å². The largest absolute Gasteiger partial charge is 2.00 e. The molecule has 0 atom stereocenters. The van der Waals surface area contributed by atoms with Gasteiger partial charge in [-0.1, -0.05) is 72.8 Å². The molecule has 0 aliphatic rings. The van der Waals surface area contributed by atoms with Crippen LogP contribution in [0.25, 0.3) is 12.2 Å². The van der Waals surface area contributed by atoms with Crippen molar-refractivity contribution in [2.24, 2.45) is 0 Å². The summed E-state index contributed by atoms with van der Waals surface area (Å²) in [5, 5.41) is 19.9. The Labute approximate surface area is 148 Å². The van der Waals surface area contributed by atoms with E-state index < -0.39 is 11.9 Å². The third-order valence-corrected chi connectivity index (χ3v) is 2.42. The summed E-state index contributed by atoms with van der Waals surface area (Å²) in [5.74, 6) is -2.34. The Kier molecular flexibility index (Phi) is 10.8. The van der Waals surface area contributed by atoms with Gasteiger partial charge in [0.2, 0.25) is 0 Å². The standard InChI is InChI=1S/2C9H8O2.Pd/c2*10-9(11)7-6-8-4-2-1-3-5-8;/h2*1-7H,(H,10,11);/q;;+2/p-2/b2*7-6+;. The molecule has 23 heavy (non-hydrogen) atoms. The molecule has 0 aromatic heterocycles. The van der Waals surface area contributed by atoms with Crippen LogP contribution in [-0.2, 0) is 30.0 Å². The first-order valence-corrected chi connectivity index (χ1v) is 6.46. The predicted molar refractivity (Wildman–Crippen MR) is 81.0 cm³/mol. The summed E-state index contributed by atoms with van der Waals surface area (Å²) < 4.78 is 0. The van der Waals surface area contributed by atoms with Gasteiger partial charge in [0.25, 0.3) is 0 Å². The van der Waals surface area contributed by atoms with Crippen LogP contribution in [0.15, 0.2) is 72.8 Å². The van der Waals surface area contributed by atoms with Crippen LogP contribution >= 0.6 is 0 Å². The summed E-state index contributed by atoms with van der Waals surface area (Å²) in [5.41, 5.74) is 1.72. The first kappa shape index (κ1) is 20.5. The van der Waals surface area contributed by atoms with E-state index in [0.29, 0.717) is 0 Å². The summed E-state index contributed by atoms with van der Waals surface area (Å²) in [6.45, 7) is 0. The molecule has 4 nitrogen and oxygen atoms in total. The average Bonchev–Trinajstić information content (AvgIpc) is 2.53. The van der Waals surface area contributed by atoms with Gasteiger partial charge in [0.15, 0.2) is 0 Å². The van der Waals surface area contributed by atoms with Crippen molar-refractivity contribution in [1.29, 1.82) is 0 Å². The SMILES string of the molecule is O=C([O-])/C=C/c1ccccc1.O=C([O-])/C=C/c1ccccc1.[Pd+2]. The third-order valence-electron chi connectivity index (χ3n) is 2.42. The fraction of sp³-hybridized carbons (Fsp3) is 0. The molecule has 0 unspecified atom stereocenters. The number of hydrogen-bond donors (Lipinski definition) is 0. The maximum absolute atomic E-state index is 9.97. The number of rotatable bonds is 4. The molecule has 5 heteroatoms. The van der Waals surface area contributed by atoms with E-state index in [2.05, 4.69) is 0 Å². The van der Waals surface area contributed by atoms with Gasteiger partial charge in [-0.25, -0.2) is 0 Å². The average molecular weight is 401 g/mol. The molecular formula is C18H14O4Pd. The number of carbonyl (C=O) groups excluding carboxylic acids is 2. The second-order valence-electron chi connectivity index (χ2n) is 4.13. The molecular weight excluding hydrogens is 387 g/mol. The van der Waals surface area contributed by atoms with E-state index in [1.807, 2.05) is 60.7 Å². The fourth-order valence-corrected chi connectivity index (χ4v) is 1.46. The second-order valence-corrected chi connectivity index (χ2v) is 4.13. The van der Waals surface area contributed by atoms with Crippen molar-refractivity contribution in [2.45, 2.75) is 0 Å². The van der Waals surface area contributed by atoms with Gasteiger partial charge in [-0.15, -0.1) is 0 Å². The third kappa shape index (κ3) is 10.8. The van der Waals surface area contributed by atoms with E-state index >= 15 is 0 Å². The molecule has 0 amide bonds. The molecule has 2 rings (SSSR count). The number of carboxylic acid groups (broad SMARTS) is 2. The minimum atomic E-state index is -1.17. The van der Waals surface area contributed by atoms with Gasteiger partial charge in [0.05, 0.1) is 11.9 Å². The van der Waals surface area contributed by atoms with E-state index in [-0.39, 0.29) is 20.4 Å². The van der Waals surface area contributed by atoms with Gasteiger partial charge in [0.1, 0.15) is 0 Å². The van der Waals surface area contributed by atoms with Crippen LogP contribution in [-0.4, -0.2) is 11.9 Å². The summed E-state index contributed by atoms with van der Waals surface area (Å²) >= 11 is 0. The van der Waals surface area contributed by atoms with Crippen molar-refractivity contribution < 1.29 is 40.2 Å². The van der Waals surface area contributed by atoms with Gasteiger partial charge in [-0.2, -0.15) is 0 Å². The molecule has 0 heterocycles. The zero-order valence-electron chi connectivity index (χ0n) is 12.0. The van der Waals surface area contributed by atoms with Crippen LogP contribution in [0.1, 0.15) is 11.1 Å². The van der Waals surface area contributed by atoms with Crippen LogP contribution in [0.5, 0.6) is 0 Å². The first-order chi connectivity index (χ1) is 10.6. The van der Waals surface area contributed by atoms with Crippen LogP contribution in [0.2, 0.25) is 0 Å².